The van der Waals surface area contributed by atoms with Crippen LogP contribution in [0.3, 0.4) is 0 Å². The molecule has 1 aromatic rings. The summed E-state index contributed by atoms with van der Waals surface area (Å²) < 4.78 is 28.1. The maximum absolute atomic E-state index is 12.2. The molecule has 1 aliphatic rings. The van der Waals surface area contributed by atoms with Crippen molar-refractivity contribution in [1.29, 1.82) is 0 Å². The number of aryl methyl sites for hydroxylation is 1. The maximum atomic E-state index is 12.2. The number of terminal acetylenes is 1. The molecule has 0 saturated carbocycles. The van der Waals surface area contributed by atoms with Crippen molar-refractivity contribution in [3.8, 4) is 12.3 Å². The Morgan fingerprint density at radius 3 is 2.59 bits per heavy atom. The molecule has 0 spiro atoms. The van der Waals surface area contributed by atoms with Crippen molar-refractivity contribution < 1.29 is 18.0 Å². The van der Waals surface area contributed by atoms with Gasteiger partial charge in [0.1, 0.15) is 10.6 Å². The van der Waals surface area contributed by atoms with E-state index in [4.69, 9.17) is 12.2 Å². The van der Waals surface area contributed by atoms with Crippen LogP contribution in [0.15, 0.2) is 27.4 Å². The average Bonchev–Trinajstić information content (AvgIpc) is 3.27. The Hall–Kier alpha value is -2.71. The molecule has 1 aliphatic heterocycles. The zero-order chi connectivity index (χ0) is 20.1. The number of carbonyl (C=O) groups excluding carboxylic acids is 2. The summed E-state index contributed by atoms with van der Waals surface area (Å²) in [5.41, 5.74) is 4.74. The van der Waals surface area contributed by atoms with Crippen LogP contribution in [0.1, 0.15) is 36.2 Å². The highest BCUT2D eigenvalue weighted by Gasteiger charge is 2.39. The standard InChI is InChI=1S/C16H22N6O4S/c1-3-4-6-16(20-21-16)7-5-14(23)18-8-9-19-27(25,26)12-10-13(15(17)24)22(2)11-12/h1,10-11,19H,4-9H2,2H3,(H2,17,24)(H,18,23). The lowest BCUT2D eigenvalue weighted by molar-refractivity contribution is -0.121. The molecule has 146 valence electrons. The molecular weight excluding hydrogens is 372 g/mol. The minimum Gasteiger partial charge on any atom is -0.364 e. The van der Waals surface area contributed by atoms with Gasteiger partial charge in [-0.05, 0) is 6.07 Å². The molecule has 0 aromatic carbocycles. The zero-order valence-corrected chi connectivity index (χ0v) is 15.8. The molecule has 10 nitrogen and oxygen atoms in total. The van der Waals surface area contributed by atoms with E-state index in [9.17, 15) is 18.0 Å². The number of nitrogens with zero attached hydrogens (tertiary/aromatic N) is 3. The fourth-order valence-electron chi connectivity index (χ4n) is 2.47. The van der Waals surface area contributed by atoms with E-state index in [1.54, 1.807) is 0 Å². The summed E-state index contributed by atoms with van der Waals surface area (Å²) in [6, 6.07) is 1.20. The van der Waals surface area contributed by atoms with Gasteiger partial charge >= 0.3 is 0 Å². The number of aromatic nitrogens is 1. The number of primary amides is 1. The summed E-state index contributed by atoms with van der Waals surface area (Å²) in [5.74, 6) is 1.58. The van der Waals surface area contributed by atoms with Gasteiger partial charge in [0.2, 0.25) is 15.9 Å². The maximum Gasteiger partial charge on any atom is 0.265 e. The first kappa shape index (κ1) is 20.6. The molecule has 0 radical (unpaired) electrons. The highest BCUT2D eigenvalue weighted by molar-refractivity contribution is 7.89. The molecule has 0 fully saturated rings. The largest absolute Gasteiger partial charge is 0.364 e. The van der Waals surface area contributed by atoms with Crippen molar-refractivity contribution in [1.82, 2.24) is 14.6 Å². The third-order valence-electron chi connectivity index (χ3n) is 4.09. The van der Waals surface area contributed by atoms with Crippen molar-refractivity contribution in [2.45, 2.75) is 36.2 Å². The molecule has 0 saturated heterocycles. The van der Waals surface area contributed by atoms with Crippen LogP contribution in [0.4, 0.5) is 0 Å². The number of sulfonamides is 1. The van der Waals surface area contributed by atoms with Crippen molar-refractivity contribution in [2.75, 3.05) is 13.1 Å². The van der Waals surface area contributed by atoms with E-state index in [2.05, 4.69) is 26.2 Å². The second kappa shape index (κ2) is 8.32. The Morgan fingerprint density at radius 2 is 2.04 bits per heavy atom. The first-order valence-electron chi connectivity index (χ1n) is 8.29. The number of nitrogens with one attached hydrogen (secondary N) is 2. The minimum absolute atomic E-state index is 0.00581. The van der Waals surface area contributed by atoms with Gasteiger partial charge in [0, 0.05) is 52.0 Å². The molecule has 2 heterocycles. The molecule has 2 amide bonds. The topological polar surface area (TPSA) is 148 Å². The predicted molar refractivity (Wildman–Crippen MR) is 97.0 cm³/mol. The summed E-state index contributed by atoms with van der Waals surface area (Å²) in [6.45, 7) is 0.130. The van der Waals surface area contributed by atoms with Crippen LogP contribution in [0.5, 0.6) is 0 Å². The van der Waals surface area contributed by atoms with Crippen LogP contribution in [0, 0.1) is 12.3 Å². The quantitative estimate of drug-likeness (QED) is 0.354. The van der Waals surface area contributed by atoms with E-state index in [0.29, 0.717) is 19.3 Å². The van der Waals surface area contributed by atoms with Crippen LogP contribution < -0.4 is 15.8 Å². The van der Waals surface area contributed by atoms with Gasteiger partial charge in [-0.15, -0.1) is 12.3 Å². The smallest absolute Gasteiger partial charge is 0.265 e. The third kappa shape index (κ3) is 5.63. The Labute approximate surface area is 157 Å². The number of rotatable bonds is 11. The van der Waals surface area contributed by atoms with E-state index in [0.717, 1.165) is 0 Å². The Morgan fingerprint density at radius 1 is 1.33 bits per heavy atom. The number of hydrogen-bond acceptors (Lipinski definition) is 6. The monoisotopic (exact) mass is 394 g/mol. The van der Waals surface area contributed by atoms with E-state index in [-0.39, 0.29) is 36.0 Å². The first-order valence-corrected chi connectivity index (χ1v) is 9.77. The summed E-state index contributed by atoms with van der Waals surface area (Å²) in [6.07, 6.45) is 8.38. The SMILES string of the molecule is C#CCCC1(CCC(=O)NCCNS(=O)(=O)c2cc(C(N)=O)n(C)c2)N=N1. The van der Waals surface area contributed by atoms with Gasteiger partial charge in [-0.2, -0.15) is 10.2 Å². The lowest BCUT2D eigenvalue weighted by Gasteiger charge is -2.09. The first-order chi connectivity index (χ1) is 12.7. The van der Waals surface area contributed by atoms with E-state index >= 15 is 0 Å². The Kier molecular flexibility index (Phi) is 6.35. The Bertz CT molecular complexity index is 891. The molecule has 0 atom stereocenters. The second-order valence-electron chi connectivity index (χ2n) is 6.17. The van der Waals surface area contributed by atoms with Gasteiger partial charge in [0.15, 0.2) is 5.66 Å². The fourth-order valence-corrected chi connectivity index (χ4v) is 3.57. The molecule has 0 unspecified atom stereocenters. The molecule has 11 heteroatoms. The normalized spacial score (nSPS) is 14.5. The van der Waals surface area contributed by atoms with Crippen LogP contribution in [-0.4, -0.2) is 43.6 Å². The fraction of sp³-hybridized carbons (Fsp3) is 0.500. The molecule has 0 bridgehead atoms. The highest BCUT2D eigenvalue weighted by atomic mass is 32.2. The molecule has 4 N–H and O–H groups in total. The number of amides is 2. The number of hydrogen-bond donors (Lipinski definition) is 3. The van der Waals surface area contributed by atoms with Crippen LogP contribution in [0.25, 0.3) is 0 Å². The predicted octanol–water partition coefficient (Wildman–Crippen LogP) is -0.126. The van der Waals surface area contributed by atoms with Crippen LogP contribution >= 0.6 is 0 Å². The van der Waals surface area contributed by atoms with Gasteiger partial charge in [-0.3, -0.25) is 9.59 Å². The van der Waals surface area contributed by atoms with Gasteiger partial charge < -0.3 is 15.6 Å². The van der Waals surface area contributed by atoms with Gasteiger partial charge in [-0.25, -0.2) is 13.1 Å². The summed E-state index contributed by atoms with van der Waals surface area (Å²) in [4.78, 5) is 23.0. The van der Waals surface area contributed by atoms with Crippen molar-refractivity contribution in [3.05, 3.63) is 18.0 Å². The summed E-state index contributed by atoms with van der Waals surface area (Å²) in [7, 11) is -2.29. The Balaban J connectivity index is 1.73. The summed E-state index contributed by atoms with van der Waals surface area (Å²) >= 11 is 0. The van der Waals surface area contributed by atoms with Crippen molar-refractivity contribution >= 4 is 21.8 Å². The molecular formula is C16H22N6O4S. The lowest BCUT2D eigenvalue weighted by atomic mass is 10.0. The molecule has 27 heavy (non-hydrogen) atoms. The van der Waals surface area contributed by atoms with Gasteiger partial charge in [-0.1, -0.05) is 0 Å². The van der Waals surface area contributed by atoms with Crippen LogP contribution in [-0.2, 0) is 21.9 Å². The zero-order valence-electron chi connectivity index (χ0n) is 14.9. The van der Waals surface area contributed by atoms with Gasteiger partial charge in [0.05, 0.1) is 0 Å². The number of nitrogens with two attached hydrogens (primary N) is 1. The molecule has 0 aliphatic carbocycles. The lowest BCUT2D eigenvalue weighted by Crippen LogP contribution is -2.35. The highest BCUT2D eigenvalue weighted by Crippen LogP contribution is 2.37. The van der Waals surface area contributed by atoms with Crippen molar-refractivity contribution in [3.63, 3.8) is 0 Å². The van der Waals surface area contributed by atoms with Gasteiger partial charge in [0.25, 0.3) is 5.91 Å². The molecule has 1 aromatic heterocycles. The van der Waals surface area contributed by atoms with Crippen molar-refractivity contribution in [2.24, 2.45) is 23.0 Å². The third-order valence-corrected chi connectivity index (χ3v) is 5.51. The summed E-state index contributed by atoms with van der Waals surface area (Å²) in [5, 5.41) is 10.5. The molecule has 2 rings (SSSR count). The second-order valence-corrected chi connectivity index (χ2v) is 7.94. The van der Waals surface area contributed by atoms with E-state index in [1.807, 2.05) is 0 Å². The van der Waals surface area contributed by atoms with E-state index in [1.165, 1.54) is 23.9 Å². The van der Waals surface area contributed by atoms with Crippen LogP contribution in [0.2, 0.25) is 0 Å². The number of carbonyl (C=O) groups is 2. The average molecular weight is 394 g/mol. The minimum atomic E-state index is -3.81. The van der Waals surface area contributed by atoms with E-state index < -0.39 is 21.6 Å².